The van der Waals surface area contributed by atoms with Crippen molar-refractivity contribution in [2.24, 2.45) is 5.92 Å². The molecular formula is C32H41FN4O3. The van der Waals surface area contributed by atoms with Gasteiger partial charge in [0.1, 0.15) is 6.17 Å². The Morgan fingerprint density at radius 3 is 2.65 bits per heavy atom. The fourth-order valence-electron chi connectivity index (χ4n) is 5.36. The van der Waals surface area contributed by atoms with Crippen LogP contribution in [-0.2, 0) is 35.2 Å². The Morgan fingerprint density at radius 1 is 1.02 bits per heavy atom. The Balaban J connectivity index is 1.32. The molecule has 1 aliphatic carbocycles. The number of aromatic nitrogens is 3. The van der Waals surface area contributed by atoms with Gasteiger partial charge in [0.2, 0.25) is 0 Å². The molecule has 0 bridgehead atoms. The van der Waals surface area contributed by atoms with Crippen molar-refractivity contribution in [1.29, 1.82) is 0 Å². The van der Waals surface area contributed by atoms with Crippen LogP contribution in [0.15, 0.2) is 54.7 Å². The van der Waals surface area contributed by atoms with Gasteiger partial charge >= 0.3 is 5.97 Å². The second-order valence-electron chi connectivity index (χ2n) is 10.7. The Bertz CT molecular complexity index is 1210. The molecular weight excluding hydrogens is 507 g/mol. The summed E-state index contributed by atoms with van der Waals surface area (Å²) in [6.07, 6.45) is 8.67. The largest absolute Gasteiger partial charge is 0.481 e. The minimum atomic E-state index is -1.12. The van der Waals surface area contributed by atoms with Gasteiger partial charge in [0, 0.05) is 48.9 Å². The number of fused-ring (bicyclic) bond motifs is 1. The van der Waals surface area contributed by atoms with E-state index < -0.39 is 18.1 Å². The van der Waals surface area contributed by atoms with Gasteiger partial charge in [-0.1, -0.05) is 36.4 Å². The van der Waals surface area contributed by atoms with Gasteiger partial charge in [0.15, 0.2) is 5.82 Å². The van der Waals surface area contributed by atoms with E-state index >= 15 is 0 Å². The molecule has 0 amide bonds. The van der Waals surface area contributed by atoms with Crippen LogP contribution in [0.3, 0.4) is 0 Å². The number of nitrogens with zero attached hydrogens (tertiary/aromatic N) is 4. The fourth-order valence-corrected chi connectivity index (χ4v) is 5.36. The SMILES string of the molecule is COC[C@@H](F)CN(CCCCc1ccc2c(n1)CCCC2)CC[C@H](Cc1ccnc(-c2ccccc2)n1)C(=O)O. The fraction of sp³-hybridized carbons (Fsp3) is 0.500. The number of carboxylic acid groups (broad SMARTS) is 1. The van der Waals surface area contributed by atoms with Gasteiger partial charge in [-0.05, 0) is 82.2 Å². The first-order valence-electron chi connectivity index (χ1n) is 14.4. The zero-order chi connectivity index (χ0) is 28.2. The van der Waals surface area contributed by atoms with Crippen molar-refractivity contribution < 1.29 is 19.0 Å². The number of hydrogen-bond acceptors (Lipinski definition) is 6. The molecule has 0 fully saturated rings. The number of carboxylic acids is 1. The lowest BCUT2D eigenvalue weighted by Crippen LogP contribution is -2.36. The number of pyridine rings is 1. The summed E-state index contributed by atoms with van der Waals surface area (Å²) < 4.78 is 19.5. The van der Waals surface area contributed by atoms with E-state index in [0.29, 0.717) is 37.4 Å². The molecule has 1 aliphatic rings. The van der Waals surface area contributed by atoms with Crippen LogP contribution >= 0.6 is 0 Å². The van der Waals surface area contributed by atoms with Crippen LogP contribution in [-0.4, -0.2) is 70.5 Å². The van der Waals surface area contributed by atoms with E-state index in [-0.39, 0.29) is 13.2 Å². The zero-order valence-corrected chi connectivity index (χ0v) is 23.5. The van der Waals surface area contributed by atoms with Gasteiger partial charge in [0.25, 0.3) is 0 Å². The lowest BCUT2D eigenvalue weighted by atomic mass is 9.95. The summed E-state index contributed by atoms with van der Waals surface area (Å²) in [5, 5.41) is 9.96. The Hall–Kier alpha value is -3.23. The number of rotatable bonds is 16. The molecule has 0 unspecified atom stereocenters. The van der Waals surface area contributed by atoms with E-state index in [1.165, 1.54) is 31.2 Å². The van der Waals surface area contributed by atoms with Gasteiger partial charge < -0.3 is 14.7 Å². The highest BCUT2D eigenvalue weighted by atomic mass is 19.1. The highest BCUT2D eigenvalue weighted by Gasteiger charge is 2.22. The van der Waals surface area contributed by atoms with Crippen molar-refractivity contribution in [3.8, 4) is 11.4 Å². The lowest BCUT2D eigenvalue weighted by Gasteiger charge is -2.25. The first-order chi connectivity index (χ1) is 19.5. The van der Waals surface area contributed by atoms with Crippen LogP contribution in [0.5, 0.6) is 0 Å². The van der Waals surface area contributed by atoms with Crippen LogP contribution in [0.25, 0.3) is 11.4 Å². The number of hydrogen-bond donors (Lipinski definition) is 1. The van der Waals surface area contributed by atoms with Crippen molar-refractivity contribution >= 4 is 5.97 Å². The molecule has 40 heavy (non-hydrogen) atoms. The maximum absolute atomic E-state index is 14.5. The van der Waals surface area contributed by atoms with Crippen molar-refractivity contribution in [3.63, 3.8) is 0 Å². The average molecular weight is 549 g/mol. The summed E-state index contributed by atoms with van der Waals surface area (Å²) in [5.41, 5.74) is 5.35. The first-order valence-corrected chi connectivity index (χ1v) is 14.4. The third-order valence-electron chi connectivity index (χ3n) is 7.54. The topological polar surface area (TPSA) is 88.4 Å². The molecule has 0 saturated heterocycles. The Morgan fingerprint density at radius 2 is 1.85 bits per heavy atom. The molecule has 4 rings (SSSR count). The standard InChI is InChI=1S/C32H41FN4O3/c1-40-23-27(33)22-37(19-8-7-12-28-15-14-24-9-5-6-13-30(24)35-28)20-17-26(32(38)39)21-29-16-18-34-31(36-29)25-10-3-2-4-11-25/h2-4,10-11,14-16,18,26-27H,5-9,12-13,17,19-23H2,1H3,(H,38,39)/t26-,27+/m1/s1. The van der Waals surface area contributed by atoms with Crippen LogP contribution in [0.2, 0.25) is 0 Å². The van der Waals surface area contributed by atoms with Gasteiger partial charge in [-0.2, -0.15) is 0 Å². The summed E-state index contributed by atoms with van der Waals surface area (Å²) >= 11 is 0. The summed E-state index contributed by atoms with van der Waals surface area (Å²) in [6, 6.07) is 15.8. The van der Waals surface area contributed by atoms with Gasteiger partial charge in [-0.3, -0.25) is 9.78 Å². The summed E-state index contributed by atoms with van der Waals surface area (Å²) in [4.78, 5) is 28.0. The average Bonchev–Trinajstić information content (AvgIpc) is 2.97. The van der Waals surface area contributed by atoms with E-state index in [1.807, 2.05) is 35.2 Å². The Kier molecular flexibility index (Phi) is 11.5. The third kappa shape index (κ3) is 9.17. The molecule has 2 aromatic heterocycles. The number of aryl methyl sites for hydroxylation is 3. The lowest BCUT2D eigenvalue weighted by molar-refractivity contribution is -0.142. The summed E-state index contributed by atoms with van der Waals surface area (Å²) in [7, 11) is 1.49. The Labute approximate surface area is 236 Å². The summed E-state index contributed by atoms with van der Waals surface area (Å²) in [5.74, 6) is -0.912. The molecule has 2 heterocycles. The molecule has 0 saturated carbocycles. The molecule has 3 aromatic rings. The number of ether oxygens (including phenoxy) is 1. The molecule has 8 heteroatoms. The zero-order valence-electron chi connectivity index (χ0n) is 23.5. The maximum atomic E-state index is 14.5. The molecule has 2 atom stereocenters. The van der Waals surface area contributed by atoms with Crippen LogP contribution in [0.4, 0.5) is 4.39 Å². The third-order valence-corrected chi connectivity index (χ3v) is 7.54. The number of carbonyl (C=O) groups is 1. The molecule has 7 nitrogen and oxygen atoms in total. The number of halogens is 1. The number of benzene rings is 1. The first kappa shape index (κ1) is 29.7. The minimum Gasteiger partial charge on any atom is -0.481 e. The number of methoxy groups -OCH3 is 1. The van der Waals surface area contributed by atoms with E-state index in [2.05, 4.69) is 22.1 Å². The number of unbranched alkanes of at least 4 members (excludes halogenated alkanes) is 1. The molecule has 1 N–H and O–H groups in total. The summed E-state index contributed by atoms with van der Waals surface area (Å²) in [6.45, 7) is 1.45. The van der Waals surface area contributed by atoms with Gasteiger partial charge in [-0.25, -0.2) is 14.4 Å². The normalized spacial score (nSPS) is 14.6. The van der Waals surface area contributed by atoms with Crippen molar-refractivity contribution in [2.75, 3.05) is 33.4 Å². The number of aliphatic carboxylic acids is 1. The monoisotopic (exact) mass is 548 g/mol. The minimum absolute atomic E-state index is 0.0289. The van der Waals surface area contributed by atoms with Gasteiger partial charge in [-0.15, -0.1) is 0 Å². The molecule has 0 radical (unpaired) electrons. The van der Waals surface area contributed by atoms with E-state index in [9.17, 15) is 14.3 Å². The molecule has 0 aliphatic heterocycles. The highest BCUT2D eigenvalue weighted by molar-refractivity contribution is 5.70. The van der Waals surface area contributed by atoms with E-state index in [4.69, 9.17) is 9.72 Å². The van der Waals surface area contributed by atoms with Gasteiger partial charge in [0.05, 0.1) is 12.5 Å². The van der Waals surface area contributed by atoms with E-state index in [0.717, 1.165) is 43.4 Å². The van der Waals surface area contributed by atoms with Crippen LogP contribution in [0.1, 0.15) is 54.7 Å². The molecule has 214 valence electrons. The predicted molar refractivity (Wildman–Crippen MR) is 154 cm³/mol. The second kappa shape index (κ2) is 15.5. The highest BCUT2D eigenvalue weighted by Crippen LogP contribution is 2.21. The predicted octanol–water partition coefficient (Wildman–Crippen LogP) is 5.36. The van der Waals surface area contributed by atoms with Crippen molar-refractivity contribution in [2.45, 2.75) is 64.0 Å². The van der Waals surface area contributed by atoms with Crippen LogP contribution < -0.4 is 0 Å². The molecule has 1 aromatic carbocycles. The molecule has 0 spiro atoms. The maximum Gasteiger partial charge on any atom is 0.306 e. The van der Waals surface area contributed by atoms with Crippen molar-refractivity contribution in [3.05, 3.63) is 77.4 Å². The second-order valence-corrected chi connectivity index (χ2v) is 10.7. The van der Waals surface area contributed by atoms with E-state index in [1.54, 1.807) is 12.3 Å². The smallest absolute Gasteiger partial charge is 0.306 e. The van der Waals surface area contributed by atoms with Crippen molar-refractivity contribution in [1.82, 2.24) is 19.9 Å². The van der Waals surface area contributed by atoms with Crippen LogP contribution in [0, 0.1) is 5.92 Å². The quantitative estimate of drug-likeness (QED) is 0.241. The number of alkyl halides is 1.